The van der Waals surface area contributed by atoms with E-state index in [2.05, 4.69) is 35.9 Å². The van der Waals surface area contributed by atoms with Gasteiger partial charge in [-0.3, -0.25) is 9.69 Å². The van der Waals surface area contributed by atoms with Crippen LogP contribution in [-0.2, 0) is 4.79 Å². The number of nitrogens with one attached hydrogen (secondary N) is 1. The third-order valence-electron chi connectivity index (χ3n) is 4.88. The lowest BCUT2D eigenvalue weighted by molar-refractivity contribution is -0.136. The predicted molar refractivity (Wildman–Crippen MR) is 78.1 cm³/mol. The van der Waals surface area contributed by atoms with E-state index in [0.717, 1.165) is 52.0 Å². The second-order valence-electron chi connectivity index (χ2n) is 5.94. The number of piperidine rings is 1. The van der Waals surface area contributed by atoms with Crippen molar-refractivity contribution in [2.24, 2.45) is 5.92 Å². The van der Waals surface area contributed by atoms with Crippen molar-refractivity contribution in [3.63, 3.8) is 0 Å². The summed E-state index contributed by atoms with van der Waals surface area (Å²) in [5.41, 5.74) is 0. The van der Waals surface area contributed by atoms with E-state index in [4.69, 9.17) is 0 Å². The fraction of sp³-hybridized carbons (Fsp3) is 0.933. The van der Waals surface area contributed by atoms with Crippen molar-refractivity contribution >= 4 is 5.91 Å². The van der Waals surface area contributed by atoms with E-state index < -0.39 is 0 Å². The summed E-state index contributed by atoms with van der Waals surface area (Å²) in [4.78, 5) is 17.2. The molecule has 0 aromatic rings. The van der Waals surface area contributed by atoms with Gasteiger partial charge >= 0.3 is 0 Å². The SMILES string of the molecule is CCN(CC)C1CCN(C(=O)C2CCCNC2C)C1. The molecule has 3 unspecified atom stereocenters. The van der Waals surface area contributed by atoms with Crippen molar-refractivity contribution in [2.75, 3.05) is 32.7 Å². The van der Waals surface area contributed by atoms with Gasteiger partial charge in [-0.25, -0.2) is 0 Å². The summed E-state index contributed by atoms with van der Waals surface area (Å²) >= 11 is 0. The van der Waals surface area contributed by atoms with Crippen LogP contribution < -0.4 is 5.32 Å². The molecule has 2 saturated heterocycles. The molecule has 2 fully saturated rings. The number of hydrogen-bond acceptors (Lipinski definition) is 3. The number of rotatable bonds is 4. The second kappa shape index (κ2) is 6.71. The molecule has 110 valence electrons. The molecular weight excluding hydrogens is 238 g/mol. The van der Waals surface area contributed by atoms with Gasteiger partial charge in [-0.1, -0.05) is 13.8 Å². The van der Waals surface area contributed by atoms with E-state index in [9.17, 15) is 4.79 Å². The van der Waals surface area contributed by atoms with Crippen LogP contribution in [0.15, 0.2) is 0 Å². The minimum atomic E-state index is 0.198. The van der Waals surface area contributed by atoms with Gasteiger partial charge in [0.2, 0.25) is 5.91 Å². The van der Waals surface area contributed by atoms with Crippen LogP contribution in [0, 0.1) is 5.92 Å². The van der Waals surface area contributed by atoms with Crippen LogP contribution >= 0.6 is 0 Å². The standard InChI is InChI=1S/C15H29N3O/c1-4-17(5-2)13-8-10-18(11-13)15(19)14-7-6-9-16-12(14)3/h12-14,16H,4-11H2,1-3H3. The Bertz CT molecular complexity index is 304. The van der Waals surface area contributed by atoms with Gasteiger partial charge in [0.25, 0.3) is 0 Å². The maximum Gasteiger partial charge on any atom is 0.227 e. The number of nitrogens with zero attached hydrogens (tertiary/aromatic N) is 2. The third kappa shape index (κ3) is 3.29. The number of likely N-dealkylation sites (tertiary alicyclic amines) is 1. The Kier molecular flexibility index (Phi) is 5.22. The number of likely N-dealkylation sites (N-methyl/N-ethyl adjacent to an activating group) is 1. The summed E-state index contributed by atoms with van der Waals surface area (Å²) in [5, 5.41) is 3.43. The van der Waals surface area contributed by atoms with Gasteiger partial charge in [0.05, 0.1) is 5.92 Å². The zero-order chi connectivity index (χ0) is 13.8. The molecule has 0 aromatic heterocycles. The maximum atomic E-state index is 12.6. The summed E-state index contributed by atoms with van der Waals surface area (Å²) < 4.78 is 0. The van der Waals surface area contributed by atoms with E-state index in [-0.39, 0.29) is 5.92 Å². The largest absolute Gasteiger partial charge is 0.341 e. The third-order valence-corrected chi connectivity index (χ3v) is 4.88. The molecular formula is C15H29N3O. The summed E-state index contributed by atoms with van der Waals surface area (Å²) in [5.74, 6) is 0.582. The summed E-state index contributed by atoms with van der Waals surface area (Å²) in [6.45, 7) is 11.7. The fourth-order valence-electron chi connectivity index (χ4n) is 3.60. The second-order valence-corrected chi connectivity index (χ2v) is 5.94. The fourth-order valence-corrected chi connectivity index (χ4v) is 3.60. The summed E-state index contributed by atoms with van der Waals surface area (Å²) in [7, 11) is 0. The molecule has 2 heterocycles. The zero-order valence-corrected chi connectivity index (χ0v) is 12.7. The molecule has 1 N–H and O–H groups in total. The van der Waals surface area contributed by atoms with Crippen molar-refractivity contribution < 1.29 is 4.79 Å². The Morgan fingerprint density at radius 2 is 2.05 bits per heavy atom. The first-order valence-corrected chi connectivity index (χ1v) is 7.93. The molecule has 0 radical (unpaired) electrons. The Balaban J connectivity index is 1.90. The number of carbonyl (C=O) groups is 1. The lowest BCUT2D eigenvalue weighted by Crippen LogP contribution is -2.48. The molecule has 2 aliphatic rings. The highest BCUT2D eigenvalue weighted by molar-refractivity contribution is 5.80. The highest BCUT2D eigenvalue weighted by Gasteiger charge is 2.35. The molecule has 0 spiro atoms. The molecule has 4 nitrogen and oxygen atoms in total. The number of hydrogen-bond donors (Lipinski definition) is 1. The molecule has 0 saturated carbocycles. The molecule has 2 rings (SSSR count). The number of carbonyl (C=O) groups excluding carboxylic acids is 1. The van der Waals surface area contributed by atoms with Gasteiger partial charge < -0.3 is 10.2 Å². The van der Waals surface area contributed by atoms with Crippen LogP contribution in [0.1, 0.15) is 40.0 Å². The van der Waals surface area contributed by atoms with Crippen molar-refractivity contribution in [1.29, 1.82) is 0 Å². The Hall–Kier alpha value is -0.610. The number of amides is 1. The quantitative estimate of drug-likeness (QED) is 0.834. The topological polar surface area (TPSA) is 35.6 Å². The molecule has 1 amide bonds. The molecule has 3 atom stereocenters. The Morgan fingerprint density at radius 3 is 2.68 bits per heavy atom. The van der Waals surface area contributed by atoms with Crippen LogP contribution in [0.2, 0.25) is 0 Å². The van der Waals surface area contributed by atoms with Crippen LogP contribution in [0.5, 0.6) is 0 Å². The molecule has 4 heteroatoms. The Morgan fingerprint density at radius 1 is 1.32 bits per heavy atom. The Labute approximate surface area is 117 Å². The average molecular weight is 267 g/mol. The molecule has 0 aliphatic carbocycles. The van der Waals surface area contributed by atoms with Crippen LogP contribution in [0.25, 0.3) is 0 Å². The van der Waals surface area contributed by atoms with Gasteiger partial charge in [0.15, 0.2) is 0 Å². The smallest absolute Gasteiger partial charge is 0.227 e. The van der Waals surface area contributed by atoms with Crippen molar-refractivity contribution in [3.8, 4) is 0 Å². The van der Waals surface area contributed by atoms with Gasteiger partial charge in [0, 0.05) is 25.2 Å². The summed E-state index contributed by atoms with van der Waals surface area (Å²) in [6.07, 6.45) is 3.33. The van der Waals surface area contributed by atoms with E-state index in [1.807, 2.05) is 0 Å². The molecule has 2 aliphatic heterocycles. The van der Waals surface area contributed by atoms with Gasteiger partial charge in [-0.2, -0.15) is 0 Å². The maximum absolute atomic E-state index is 12.6. The predicted octanol–water partition coefficient (Wildman–Crippen LogP) is 1.32. The normalized spacial score (nSPS) is 32.0. The van der Waals surface area contributed by atoms with Crippen molar-refractivity contribution in [1.82, 2.24) is 15.1 Å². The highest BCUT2D eigenvalue weighted by atomic mass is 16.2. The van der Waals surface area contributed by atoms with Crippen LogP contribution in [-0.4, -0.2) is 60.5 Å². The highest BCUT2D eigenvalue weighted by Crippen LogP contribution is 2.23. The van der Waals surface area contributed by atoms with E-state index >= 15 is 0 Å². The first kappa shape index (κ1) is 14.8. The average Bonchev–Trinajstić information content (AvgIpc) is 2.90. The molecule has 19 heavy (non-hydrogen) atoms. The van der Waals surface area contributed by atoms with Crippen molar-refractivity contribution in [3.05, 3.63) is 0 Å². The molecule has 0 bridgehead atoms. The van der Waals surface area contributed by atoms with Crippen LogP contribution in [0.3, 0.4) is 0 Å². The lowest BCUT2D eigenvalue weighted by Gasteiger charge is -2.32. The lowest BCUT2D eigenvalue weighted by atomic mass is 9.91. The first-order chi connectivity index (χ1) is 9.17. The molecule has 0 aromatic carbocycles. The monoisotopic (exact) mass is 267 g/mol. The van der Waals surface area contributed by atoms with Gasteiger partial charge in [-0.05, 0) is 45.8 Å². The van der Waals surface area contributed by atoms with E-state index in [1.54, 1.807) is 0 Å². The van der Waals surface area contributed by atoms with E-state index in [0.29, 0.717) is 18.0 Å². The van der Waals surface area contributed by atoms with Gasteiger partial charge in [0.1, 0.15) is 0 Å². The van der Waals surface area contributed by atoms with E-state index in [1.165, 1.54) is 0 Å². The zero-order valence-electron chi connectivity index (χ0n) is 12.7. The minimum absolute atomic E-state index is 0.198. The first-order valence-electron chi connectivity index (χ1n) is 7.93. The minimum Gasteiger partial charge on any atom is -0.341 e. The van der Waals surface area contributed by atoms with Gasteiger partial charge in [-0.15, -0.1) is 0 Å². The summed E-state index contributed by atoms with van der Waals surface area (Å²) in [6, 6.07) is 0.916. The van der Waals surface area contributed by atoms with Crippen LogP contribution in [0.4, 0.5) is 0 Å². The van der Waals surface area contributed by atoms with Crippen molar-refractivity contribution in [2.45, 2.75) is 52.1 Å².